The molecule has 2 aliphatic carbocycles. The van der Waals surface area contributed by atoms with Crippen LogP contribution in [0.4, 0.5) is 10.1 Å². The summed E-state index contributed by atoms with van der Waals surface area (Å²) < 4.78 is 22.0. The van der Waals surface area contributed by atoms with Crippen molar-refractivity contribution in [3.63, 3.8) is 0 Å². The average molecular weight is 567 g/mol. The number of nitrogens with one attached hydrogen (secondary N) is 2. The summed E-state index contributed by atoms with van der Waals surface area (Å²) in [5, 5.41) is 14.3. The summed E-state index contributed by atoms with van der Waals surface area (Å²) in [6.07, 6.45) is 8.28. The van der Waals surface area contributed by atoms with Gasteiger partial charge in [0.25, 0.3) is 0 Å². The first-order valence-corrected chi connectivity index (χ1v) is 12.9. The highest BCUT2D eigenvalue weighted by Gasteiger charge is 2.56. The normalized spacial score (nSPS) is 20.2. The number of pyridine rings is 2. The number of hydrogen-bond acceptors (Lipinski definition) is 6. The lowest BCUT2D eigenvalue weighted by atomic mass is 9.69. The third-order valence-corrected chi connectivity index (χ3v) is 8.14. The molecule has 1 spiro atoms. The van der Waals surface area contributed by atoms with E-state index in [0.29, 0.717) is 36.3 Å². The van der Waals surface area contributed by atoms with Gasteiger partial charge < -0.3 is 10.1 Å². The van der Waals surface area contributed by atoms with Crippen LogP contribution < -0.4 is 10.1 Å². The Kier molecular flexibility index (Phi) is 5.82. The highest BCUT2D eigenvalue weighted by atomic mass is 79.9. The fourth-order valence-electron chi connectivity index (χ4n) is 5.55. The van der Waals surface area contributed by atoms with Crippen LogP contribution in [-0.2, 0) is 4.79 Å². The van der Waals surface area contributed by atoms with Gasteiger partial charge in [0.15, 0.2) is 11.6 Å². The van der Waals surface area contributed by atoms with Gasteiger partial charge in [-0.2, -0.15) is 10.2 Å². The first-order valence-electron chi connectivity index (χ1n) is 12.1. The van der Waals surface area contributed by atoms with Gasteiger partial charge in [0.05, 0.1) is 36.4 Å². The molecule has 2 fully saturated rings. The van der Waals surface area contributed by atoms with Crippen molar-refractivity contribution in [2.45, 2.75) is 32.1 Å². The van der Waals surface area contributed by atoms with Crippen LogP contribution in [-0.4, -0.2) is 43.6 Å². The molecule has 190 valence electrons. The Morgan fingerprint density at radius 2 is 2.08 bits per heavy atom. The lowest BCUT2D eigenvalue weighted by Gasteiger charge is -2.34. The minimum absolute atomic E-state index is 0.0373. The van der Waals surface area contributed by atoms with E-state index in [-0.39, 0.29) is 40.4 Å². The largest absolute Gasteiger partial charge is 0.481 e. The Morgan fingerprint density at radius 1 is 1.24 bits per heavy atom. The van der Waals surface area contributed by atoms with Crippen LogP contribution >= 0.6 is 15.9 Å². The van der Waals surface area contributed by atoms with E-state index in [1.54, 1.807) is 16.8 Å². The van der Waals surface area contributed by atoms with Gasteiger partial charge in [0.1, 0.15) is 5.69 Å². The van der Waals surface area contributed by atoms with Crippen molar-refractivity contribution >= 4 is 38.8 Å². The predicted octanol–water partition coefficient (Wildman–Crippen LogP) is 5.05. The second-order valence-corrected chi connectivity index (χ2v) is 10.8. The van der Waals surface area contributed by atoms with Crippen molar-refractivity contribution in [2.75, 3.05) is 12.4 Å². The average Bonchev–Trinajstić information content (AvgIpc) is 3.30. The zero-order chi connectivity index (χ0) is 25.7. The van der Waals surface area contributed by atoms with Gasteiger partial charge in [-0.15, -0.1) is 0 Å². The molecule has 11 heteroatoms. The fraction of sp³-hybridized carbons (Fsp3) is 0.346. The van der Waals surface area contributed by atoms with E-state index < -0.39 is 5.82 Å². The molecule has 4 aromatic heterocycles. The standard InChI is InChI=1S/C26H24BrFN6O3/c1-37-23-8-16(18(28)11-29-23)19-9-20(33-32-19)24(35)17-4-2-14(10-26(17)6-7-26)25(36)31-21-12-30-34-13-15(27)3-5-22(21)34/h3,5,8-9,11-14,17H,2,4,6-7,10H2,1H3,(H,31,36)(H,32,33)/t14-,17?/m0/s1. The van der Waals surface area contributed by atoms with Crippen LogP contribution in [0, 0.1) is 23.1 Å². The zero-order valence-corrected chi connectivity index (χ0v) is 21.6. The summed E-state index contributed by atoms with van der Waals surface area (Å²) in [4.78, 5) is 30.5. The number of hydrogen-bond donors (Lipinski definition) is 2. The smallest absolute Gasteiger partial charge is 0.227 e. The van der Waals surface area contributed by atoms with E-state index in [2.05, 4.69) is 41.5 Å². The third-order valence-electron chi connectivity index (χ3n) is 7.67. The Labute approximate surface area is 219 Å². The predicted molar refractivity (Wildman–Crippen MR) is 137 cm³/mol. The second-order valence-electron chi connectivity index (χ2n) is 9.86. The minimum atomic E-state index is -0.546. The summed E-state index contributed by atoms with van der Waals surface area (Å²) in [7, 11) is 1.45. The summed E-state index contributed by atoms with van der Waals surface area (Å²) in [5.74, 6) is -0.734. The molecule has 4 heterocycles. The van der Waals surface area contributed by atoms with Crippen LogP contribution in [0.15, 0.2) is 47.3 Å². The molecule has 0 saturated heterocycles. The second kappa shape index (κ2) is 9.05. The maximum Gasteiger partial charge on any atom is 0.227 e. The monoisotopic (exact) mass is 566 g/mol. The zero-order valence-electron chi connectivity index (χ0n) is 20.0. The molecule has 1 unspecified atom stereocenters. The van der Waals surface area contributed by atoms with Crippen LogP contribution in [0.5, 0.6) is 5.88 Å². The number of anilines is 1. The Bertz CT molecular complexity index is 1530. The molecule has 0 aliphatic heterocycles. The van der Waals surface area contributed by atoms with Gasteiger partial charge in [0.2, 0.25) is 11.8 Å². The molecule has 0 aromatic carbocycles. The number of Topliss-reactive ketones (excluding diaryl/α,β-unsaturated/α-hetero) is 1. The molecule has 2 saturated carbocycles. The van der Waals surface area contributed by atoms with Gasteiger partial charge in [-0.1, -0.05) is 0 Å². The maximum atomic E-state index is 14.3. The van der Waals surface area contributed by atoms with Gasteiger partial charge in [-0.25, -0.2) is 13.9 Å². The van der Waals surface area contributed by atoms with Crippen molar-refractivity contribution in [3.05, 3.63) is 58.8 Å². The highest BCUT2D eigenvalue weighted by molar-refractivity contribution is 9.10. The SMILES string of the molecule is COc1cc(-c2cc(C(=O)C3CC[C@H](C(=O)Nc4cnn5cc(Br)ccc45)CC34CC4)[nH]n2)c(F)cn1. The Balaban J connectivity index is 1.16. The fourth-order valence-corrected chi connectivity index (χ4v) is 5.87. The van der Waals surface area contributed by atoms with Crippen LogP contribution in [0.2, 0.25) is 0 Å². The Hall–Kier alpha value is -3.60. The molecule has 0 radical (unpaired) electrons. The number of methoxy groups -OCH3 is 1. The first kappa shape index (κ1) is 23.8. The van der Waals surface area contributed by atoms with Gasteiger partial charge in [-0.05, 0) is 71.6 Å². The quantitative estimate of drug-likeness (QED) is 0.316. The van der Waals surface area contributed by atoms with Gasteiger partial charge >= 0.3 is 0 Å². The minimum Gasteiger partial charge on any atom is -0.481 e. The van der Waals surface area contributed by atoms with Crippen molar-refractivity contribution in [2.24, 2.45) is 17.3 Å². The number of ether oxygens (including phenoxy) is 1. The molecule has 2 aliphatic rings. The van der Waals surface area contributed by atoms with Crippen LogP contribution in [0.3, 0.4) is 0 Å². The van der Waals surface area contributed by atoms with Crippen molar-refractivity contribution in [1.82, 2.24) is 24.8 Å². The van der Waals surface area contributed by atoms with Crippen molar-refractivity contribution in [3.8, 4) is 17.1 Å². The van der Waals surface area contributed by atoms with E-state index in [4.69, 9.17) is 4.74 Å². The van der Waals surface area contributed by atoms with E-state index in [9.17, 15) is 14.0 Å². The van der Waals surface area contributed by atoms with Crippen LogP contribution in [0.25, 0.3) is 16.8 Å². The molecule has 2 N–H and O–H groups in total. The number of carbonyl (C=O) groups is 2. The number of rotatable bonds is 6. The first-order chi connectivity index (χ1) is 17.9. The van der Waals surface area contributed by atoms with E-state index in [0.717, 1.165) is 29.0 Å². The number of halogens is 2. The number of fused-ring (bicyclic) bond motifs is 1. The number of aromatic nitrogens is 5. The molecular formula is C26H24BrFN6O3. The number of amides is 1. The molecule has 4 aromatic rings. The molecule has 37 heavy (non-hydrogen) atoms. The van der Waals surface area contributed by atoms with E-state index in [1.165, 1.54) is 13.2 Å². The number of aromatic amines is 1. The number of H-pyrrole nitrogens is 1. The number of nitrogens with zero attached hydrogens (tertiary/aromatic N) is 4. The Morgan fingerprint density at radius 3 is 2.86 bits per heavy atom. The highest BCUT2D eigenvalue weighted by Crippen LogP contribution is 2.61. The summed E-state index contributed by atoms with van der Waals surface area (Å²) in [6, 6.07) is 6.84. The van der Waals surface area contributed by atoms with E-state index >= 15 is 0 Å². The molecule has 6 rings (SSSR count). The molecule has 2 atom stereocenters. The van der Waals surface area contributed by atoms with Crippen LogP contribution in [0.1, 0.15) is 42.6 Å². The van der Waals surface area contributed by atoms with Gasteiger partial charge in [-0.3, -0.25) is 14.7 Å². The lowest BCUT2D eigenvalue weighted by Crippen LogP contribution is -2.37. The van der Waals surface area contributed by atoms with Gasteiger partial charge in [0, 0.05) is 34.1 Å². The third kappa shape index (κ3) is 4.30. The summed E-state index contributed by atoms with van der Waals surface area (Å²) in [6.45, 7) is 0. The summed E-state index contributed by atoms with van der Waals surface area (Å²) in [5.41, 5.74) is 2.19. The number of carbonyl (C=O) groups excluding carboxylic acids is 2. The molecule has 1 amide bonds. The van der Waals surface area contributed by atoms with Crippen molar-refractivity contribution < 1.29 is 18.7 Å². The maximum absolute atomic E-state index is 14.3. The number of ketones is 1. The molecular weight excluding hydrogens is 543 g/mol. The molecule has 9 nitrogen and oxygen atoms in total. The summed E-state index contributed by atoms with van der Waals surface area (Å²) >= 11 is 3.42. The lowest BCUT2D eigenvalue weighted by molar-refractivity contribution is -0.121. The topological polar surface area (TPSA) is 114 Å². The molecule has 0 bridgehead atoms. The van der Waals surface area contributed by atoms with Crippen molar-refractivity contribution in [1.29, 1.82) is 0 Å². The van der Waals surface area contributed by atoms with E-state index in [1.807, 2.05) is 18.3 Å².